The minimum Gasteiger partial charge on any atom is -0.480 e. The second-order valence-corrected chi connectivity index (χ2v) is 5.87. The van der Waals surface area contributed by atoms with Gasteiger partial charge in [0.05, 0.1) is 5.69 Å². The van der Waals surface area contributed by atoms with Crippen molar-refractivity contribution in [2.24, 2.45) is 0 Å². The van der Waals surface area contributed by atoms with Gasteiger partial charge < -0.3 is 10.0 Å². The van der Waals surface area contributed by atoms with Crippen molar-refractivity contribution in [3.8, 4) is 0 Å². The van der Waals surface area contributed by atoms with Gasteiger partial charge in [-0.2, -0.15) is 0 Å². The van der Waals surface area contributed by atoms with Gasteiger partial charge in [-0.1, -0.05) is 49.0 Å². The molecule has 2 aromatic rings. The van der Waals surface area contributed by atoms with E-state index in [1.54, 1.807) is 11.8 Å². The molecule has 2 aromatic carbocycles. The van der Waals surface area contributed by atoms with Crippen molar-refractivity contribution in [1.82, 2.24) is 0 Å². The lowest BCUT2D eigenvalue weighted by Crippen LogP contribution is -2.38. The van der Waals surface area contributed by atoms with Crippen molar-refractivity contribution in [3.05, 3.63) is 54.6 Å². The Hall–Kier alpha value is -1.94. The summed E-state index contributed by atoms with van der Waals surface area (Å²) in [7, 11) is 1.84. The first-order valence-electron chi connectivity index (χ1n) is 6.91. The lowest BCUT2D eigenvalue weighted by Gasteiger charge is -2.27. The number of hydrogen-bond donors (Lipinski definition) is 1. The first-order valence-corrected chi connectivity index (χ1v) is 7.72. The summed E-state index contributed by atoms with van der Waals surface area (Å²) in [5, 5.41) is 9.34. The van der Waals surface area contributed by atoms with Gasteiger partial charge in [0.2, 0.25) is 0 Å². The van der Waals surface area contributed by atoms with E-state index < -0.39 is 12.0 Å². The third-order valence-corrected chi connectivity index (χ3v) is 4.43. The van der Waals surface area contributed by atoms with Gasteiger partial charge in [0.15, 0.2) is 0 Å². The maximum atomic E-state index is 11.4. The molecule has 0 bridgehead atoms. The molecule has 0 aliphatic carbocycles. The second-order valence-electron chi connectivity index (χ2n) is 4.76. The van der Waals surface area contributed by atoms with Crippen LogP contribution in [0, 0.1) is 0 Å². The highest BCUT2D eigenvalue weighted by Crippen LogP contribution is 2.35. The lowest BCUT2D eigenvalue weighted by molar-refractivity contribution is -0.138. The summed E-state index contributed by atoms with van der Waals surface area (Å²) in [4.78, 5) is 15.4. The molecule has 2 rings (SSSR count). The molecular formula is C17H19NO2S. The Bertz CT molecular complexity index is 601. The summed E-state index contributed by atoms with van der Waals surface area (Å²) in [5.41, 5.74) is 0.945. The summed E-state index contributed by atoms with van der Waals surface area (Å²) >= 11 is 1.65. The van der Waals surface area contributed by atoms with Gasteiger partial charge in [-0.15, -0.1) is 0 Å². The van der Waals surface area contributed by atoms with Crippen LogP contribution in [0.5, 0.6) is 0 Å². The number of hydrogen-bond acceptors (Lipinski definition) is 3. The van der Waals surface area contributed by atoms with E-state index in [1.165, 1.54) is 0 Å². The van der Waals surface area contributed by atoms with E-state index in [0.717, 1.165) is 15.5 Å². The summed E-state index contributed by atoms with van der Waals surface area (Å²) in [6.45, 7) is 1.89. The highest BCUT2D eigenvalue weighted by atomic mass is 32.2. The predicted molar refractivity (Wildman–Crippen MR) is 87.1 cm³/mol. The largest absolute Gasteiger partial charge is 0.480 e. The Morgan fingerprint density at radius 2 is 1.76 bits per heavy atom. The molecule has 0 aliphatic rings. The average Bonchev–Trinajstić information content (AvgIpc) is 2.49. The Morgan fingerprint density at radius 1 is 1.14 bits per heavy atom. The summed E-state index contributed by atoms with van der Waals surface area (Å²) in [6, 6.07) is 17.5. The topological polar surface area (TPSA) is 40.5 Å². The van der Waals surface area contributed by atoms with Crippen LogP contribution in [-0.4, -0.2) is 24.2 Å². The molecule has 1 N–H and O–H groups in total. The number of rotatable bonds is 6. The SMILES string of the molecule is CCC(C(=O)O)N(C)c1ccccc1Sc1ccccc1. The molecule has 0 spiro atoms. The van der Waals surface area contributed by atoms with Gasteiger partial charge in [-0.3, -0.25) is 0 Å². The molecule has 0 aromatic heterocycles. The first-order chi connectivity index (χ1) is 10.1. The number of nitrogens with zero attached hydrogens (tertiary/aromatic N) is 1. The number of benzene rings is 2. The fraction of sp³-hybridized carbons (Fsp3) is 0.235. The van der Waals surface area contributed by atoms with Crippen LogP contribution in [0.15, 0.2) is 64.4 Å². The lowest BCUT2D eigenvalue weighted by atomic mass is 10.2. The van der Waals surface area contributed by atoms with E-state index in [-0.39, 0.29) is 0 Å². The van der Waals surface area contributed by atoms with E-state index in [1.807, 2.05) is 61.3 Å². The van der Waals surface area contributed by atoms with Gasteiger partial charge in [0.25, 0.3) is 0 Å². The van der Waals surface area contributed by atoms with Crippen LogP contribution in [0.1, 0.15) is 13.3 Å². The maximum absolute atomic E-state index is 11.4. The molecule has 21 heavy (non-hydrogen) atoms. The van der Waals surface area contributed by atoms with E-state index in [4.69, 9.17) is 0 Å². The number of carboxylic acid groups (broad SMARTS) is 1. The molecule has 110 valence electrons. The number of aliphatic carboxylic acids is 1. The third-order valence-electron chi connectivity index (χ3n) is 3.36. The van der Waals surface area contributed by atoms with Crippen molar-refractivity contribution in [2.45, 2.75) is 29.2 Å². The maximum Gasteiger partial charge on any atom is 0.326 e. The quantitative estimate of drug-likeness (QED) is 0.870. The van der Waals surface area contributed by atoms with Crippen LogP contribution < -0.4 is 4.90 Å². The molecule has 0 amide bonds. The first kappa shape index (κ1) is 15.4. The molecule has 0 saturated carbocycles. The molecule has 1 atom stereocenters. The van der Waals surface area contributed by atoms with Crippen LogP contribution in [0.3, 0.4) is 0 Å². The zero-order valence-corrected chi connectivity index (χ0v) is 13.0. The molecule has 3 nitrogen and oxygen atoms in total. The average molecular weight is 301 g/mol. The van der Waals surface area contributed by atoms with Gasteiger partial charge in [0, 0.05) is 16.8 Å². The number of para-hydroxylation sites is 1. The number of likely N-dealkylation sites (N-methyl/N-ethyl adjacent to an activating group) is 1. The number of carbonyl (C=O) groups is 1. The molecule has 0 fully saturated rings. The zero-order chi connectivity index (χ0) is 15.2. The highest BCUT2D eigenvalue weighted by Gasteiger charge is 2.22. The zero-order valence-electron chi connectivity index (χ0n) is 12.2. The summed E-state index contributed by atoms with van der Waals surface area (Å²) < 4.78 is 0. The fourth-order valence-corrected chi connectivity index (χ4v) is 3.24. The predicted octanol–water partition coefficient (Wildman–Crippen LogP) is 4.14. The number of carboxylic acids is 1. The van der Waals surface area contributed by atoms with Gasteiger partial charge in [-0.05, 0) is 30.7 Å². The number of anilines is 1. The summed E-state index contributed by atoms with van der Waals surface area (Å²) in [5.74, 6) is -0.792. The van der Waals surface area contributed by atoms with Crippen LogP contribution in [-0.2, 0) is 4.79 Å². The van der Waals surface area contributed by atoms with Crippen LogP contribution in [0.2, 0.25) is 0 Å². The third kappa shape index (κ3) is 3.79. The second kappa shape index (κ2) is 7.18. The van der Waals surface area contributed by atoms with Crippen molar-refractivity contribution in [2.75, 3.05) is 11.9 Å². The standard InChI is InChI=1S/C17H19NO2S/c1-3-14(17(19)20)18(2)15-11-7-8-12-16(15)21-13-9-5-4-6-10-13/h4-12,14H,3H2,1-2H3,(H,19,20). The monoisotopic (exact) mass is 301 g/mol. The highest BCUT2D eigenvalue weighted by molar-refractivity contribution is 7.99. The molecule has 0 heterocycles. The molecule has 0 aliphatic heterocycles. The Labute approximate surface area is 129 Å². The molecule has 1 unspecified atom stereocenters. The Balaban J connectivity index is 2.30. The molecule has 0 saturated heterocycles. The van der Waals surface area contributed by atoms with Crippen LogP contribution >= 0.6 is 11.8 Å². The van der Waals surface area contributed by atoms with Crippen molar-refractivity contribution in [3.63, 3.8) is 0 Å². The minimum atomic E-state index is -0.792. The van der Waals surface area contributed by atoms with E-state index in [9.17, 15) is 9.90 Å². The molecule has 4 heteroatoms. The van der Waals surface area contributed by atoms with Gasteiger partial charge in [-0.25, -0.2) is 4.79 Å². The van der Waals surface area contributed by atoms with E-state index in [0.29, 0.717) is 6.42 Å². The van der Waals surface area contributed by atoms with Gasteiger partial charge >= 0.3 is 5.97 Å². The smallest absolute Gasteiger partial charge is 0.326 e. The van der Waals surface area contributed by atoms with Crippen molar-refractivity contribution < 1.29 is 9.90 Å². The van der Waals surface area contributed by atoms with Crippen LogP contribution in [0.25, 0.3) is 0 Å². The molecule has 0 radical (unpaired) electrons. The Morgan fingerprint density at radius 3 is 2.38 bits per heavy atom. The normalized spacial score (nSPS) is 11.9. The minimum absolute atomic E-state index is 0.512. The molecular weight excluding hydrogens is 282 g/mol. The van der Waals surface area contributed by atoms with Crippen molar-refractivity contribution in [1.29, 1.82) is 0 Å². The van der Waals surface area contributed by atoms with E-state index in [2.05, 4.69) is 12.1 Å². The van der Waals surface area contributed by atoms with Crippen molar-refractivity contribution >= 4 is 23.4 Å². The Kier molecular flexibility index (Phi) is 5.28. The van der Waals surface area contributed by atoms with Crippen LogP contribution in [0.4, 0.5) is 5.69 Å². The van der Waals surface area contributed by atoms with Gasteiger partial charge in [0.1, 0.15) is 6.04 Å². The van der Waals surface area contributed by atoms with E-state index >= 15 is 0 Å². The summed E-state index contributed by atoms with van der Waals surface area (Å²) in [6.07, 6.45) is 0.566. The fourth-order valence-electron chi connectivity index (χ4n) is 2.23.